The minimum absolute atomic E-state index is 0.118. The predicted molar refractivity (Wildman–Crippen MR) is 50.3 cm³/mol. The molecule has 0 aromatic carbocycles. The molecule has 0 heterocycles. The van der Waals surface area contributed by atoms with Crippen LogP contribution in [0.25, 0.3) is 0 Å². The summed E-state index contributed by atoms with van der Waals surface area (Å²) in [5.41, 5.74) is 0.191. The van der Waals surface area contributed by atoms with E-state index in [1.54, 1.807) is 0 Å². The monoisotopic (exact) mass is 175 g/mol. The molecule has 3 nitrogen and oxygen atoms in total. The van der Waals surface area contributed by atoms with Crippen LogP contribution in [0.15, 0.2) is 0 Å². The molecule has 0 fully saturated rings. The molecule has 0 atom stereocenters. The maximum Gasteiger partial charge on any atom is 0.0697 e. The van der Waals surface area contributed by atoms with E-state index in [1.165, 1.54) is 0 Å². The number of aliphatic hydroxyl groups is 1. The van der Waals surface area contributed by atoms with E-state index in [1.807, 2.05) is 0 Å². The minimum Gasteiger partial charge on any atom is -0.394 e. The number of rotatable bonds is 6. The molecule has 2 N–H and O–H groups in total. The third-order valence-electron chi connectivity index (χ3n) is 1.36. The molecule has 12 heavy (non-hydrogen) atoms. The number of aliphatic hydroxyl groups excluding tert-OH is 1. The highest BCUT2D eigenvalue weighted by Gasteiger charge is 2.06. The molecule has 3 heteroatoms. The lowest BCUT2D eigenvalue weighted by molar-refractivity contribution is 0.0899. The van der Waals surface area contributed by atoms with E-state index < -0.39 is 0 Å². The summed E-state index contributed by atoms with van der Waals surface area (Å²) in [5, 5.41) is 11.8. The second-order valence-electron chi connectivity index (χ2n) is 3.87. The van der Waals surface area contributed by atoms with Crippen LogP contribution < -0.4 is 5.32 Å². The Labute approximate surface area is 75.1 Å². The highest BCUT2D eigenvalue weighted by Crippen LogP contribution is 1.97. The highest BCUT2D eigenvalue weighted by atomic mass is 16.5. The fourth-order valence-corrected chi connectivity index (χ4v) is 0.804. The molecule has 0 saturated heterocycles. The minimum atomic E-state index is 0.118. The molecule has 0 radical (unpaired) electrons. The summed E-state index contributed by atoms with van der Waals surface area (Å²) in [6.45, 7) is 8.69. The molecule has 0 bridgehead atoms. The number of nitrogens with one attached hydrogen (secondary N) is 1. The van der Waals surface area contributed by atoms with Crippen LogP contribution >= 0.6 is 0 Å². The van der Waals surface area contributed by atoms with E-state index in [4.69, 9.17) is 9.84 Å². The van der Waals surface area contributed by atoms with Crippen molar-refractivity contribution in [3.05, 3.63) is 0 Å². The van der Waals surface area contributed by atoms with Crippen LogP contribution in [0.5, 0.6) is 0 Å². The molecule has 0 aliphatic carbocycles. The Bertz CT molecular complexity index is 99.2. The average molecular weight is 175 g/mol. The molecule has 0 aromatic heterocycles. The Hall–Kier alpha value is -0.120. The summed E-state index contributed by atoms with van der Waals surface area (Å²) in [5.74, 6) is 0. The average Bonchev–Trinajstić information content (AvgIpc) is 1.94. The normalized spacial score (nSPS) is 12.0. The zero-order valence-corrected chi connectivity index (χ0v) is 8.39. The van der Waals surface area contributed by atoms with Crippen LogP contribution in [0.3, 0.4) is 0 Å². The molecule has 0 aliphatic heterocycles. The lowest BCUT2D eigenvalue weighted by Crippen LogP contribution is -2.36. The second kappa shape index (κ2) is 6.40. The largest absolute Gasteiger partial charge is 0.394 e. The quantitative estimate of drug-likeness (QED) is 0.586. The van der Waals surface area contributed by atoms with Crippen molar-refractivity contribution in [2.24, 2.45) is 0 Å². The van der Waals surface area contributed by atoms with Gasteiger partial charge in [-0.3, -0.25) is 0 Å². The van der Waals surface area contributed by atoms with Crippen LogP contribution in [-0.2, 0) is 4.74 Å². The highest BCUT2D eigenvalue weighted by molar-refractivity contribution is 4.69. The summed E-state index contributed by atoms with van der Waals surface area (Å²) in [6, 6.07) is 0. The van der Waals surface area contributed by atoms with Crippen LogP contribution in [0.2, 0.25) is 0 Å². The van der Waals surface area contributed by atoms with Crippen molar-refractivity contribution in [2.45, 2.75) is 32.7 Å². The van der Waals surface area contributed by atoms with E-state index >= 15 is 0 Å². The van der Waals surface area contributed by atoms with E-state index in [-0.39, 0.29) is 12.1 Å². The van der Waals surface area contributed by atoms with Crippen molar-refractivity contribution in [1.29, 1.82) is 0 Å². The molecule has 0 spiro atoms. The van der Waals surface area contributed by atoms with Gasteiger partial charge in [0.1, 0.15) is 0 Å². The van der Waals surface area contributed by atoms with Gasteiger partial charge in [-0.1, -0.05) is 0 Å². The van der Waals surface area contributed by atoms with E-state index in [2.05, 4.69) is 26.1 Å². The number of hydrogen-bond donors (Lipinski definition) is 2. The van der Waals surface area contributed by atoms with Gasteiger partial charge < -0.3 is 15.2 Å². The van der Waals surface area contributed by atoms with Crippen molar-refractivity contribution in [2.75, 3.05) is 26.4 Å². The Morgan fingerprint density at radius 1 is 1.25 bits per heavy atom. The Kier molecular flexibility index (Phi) is 6.34. The topological polar surface area (TPSA) is 41.5 Å². The van der Waals surface area contributed by atoms with Gasteiger partial charge in [-0.15, -0.1) is 0 Å². The van der Waals surface area contributed by atoms with Crippen LogP contribution in [0.4, 0.5) is 0 Å². The molecule has 0 unspecified atom stereocenters. The first-order chi connectivity index (χ1) is 5.56. The Morgan fingerprint density at radius 3 is 2.42 bits per heavy atom. The molecule has 0 aromatic rings. The van der Waals surface area contributed by atoms with Gasteiger partial charge >= 0.3 is 0 Å². The first kappa shape index (κ1) is 11.9. The molecule has 0 rings (SSSR count). The lowest BCUT2D eigenvalue weighted by Gasteiger charge is -2.20. The number of hydrogen-bond acceptors (Lipinski definition) is 3. The summed E-state index contributed by atoms with van der Waals surface area (Å²) in [7, 11) is 0. The SMILES string of the molecule is CC(C)(C)NCCCOCCO. The second-order valence-corrected chi connectivity index (χ2v) is 3.87. The van der Waals surface area contributed by atoms with Crippen molar-refractivity contribution in [1.82, 2.24) is 5.32 Å². The summed E-state index contributed by atoms with van der Waals surface area (Å²) < 4.78 is 5.11. The summed E-state index contributed by atoms with van der Waals surface area (Å²) >= 11 is 0. The van der Waals surface area contributed by atoms with Gasteiger partial charge in [0.05, 0.1) is 13.2 Å². The van der Waals surface area contributed by atoms with E-state index in [0.29, 0.717) is 6.61 Å². The van der Waals surface area contributed by atoms with Crippen LogP contribution in [0, 0.1) is 0 Å². The Morgan fingerprint density at radius 2 is 1.92 bits per heavy atom. The fourth-order valence-electron chi connectivity index (χ4n) is 0.804. The zero-order chi connectivity index (χ0) is 9.45. The molecular formula is C9H21NO2. The van der Waals surface area contributed by atoms with Crippen LogP contribution in [-0.4, -0.2) is 37.0 Å². The van der Waals surface area contributed by atoms with Gasteiger partial charge in [-0.2, -0.15) is 0 Å². The van der Waals surface area contributed by atoms with Gasteiger partial charge in [0.2, 0.25) is 0 Å². The van der Waals surface area contributed by atoms with Gasteiger partial charge in [0.15, 0.2) is 0 Å². The van der Waals surface area contributed by atoms with Gasteiger partial charge in [0, 0.05) is 12.1 Å². The lowest BCUT2D eigenvalue weighted by atomic mass is 10.1. The van der Waals surface area contributed by atoms with Crippen molar-refractivity contribution < 1.29 is 9.84 Å². The van der Waals surface area contributed by atoms with E-state index in [0.717, 1.165) is 19.6 Å². The van der Waals surface area contributed by atoms with Gasteiger partial charge in [0.25, 0.3) is 0 Å². The standard InChI is InChI=1S/C9H21NO2/c1-9(2,3)10-5-4-7-12-8-6-11/h10-11H,4-8H2,1-3H3. The maximum atomic E-state index is 8.41. The van der Waals surface area contributed by atoms with Gasteiger partial charge in [-0.05, 0) is 33.7 Å². The van der Waals surface area contributed by atoms with Crippen molar-refractivity contribution >= 4 is 0 Å². The maximum absolute atomic E-state index is 8.41. The fraction of sp³-hybridized carbons (Fsp3) is 1.00. The van der Waals surface area contributed by atoms with Crippen molar-refractivity contribution in [3.8, 4) is 0 Å². The molecule has 0 amide bonds. The summed E-state index contributed by atoms with van der Waals surface area (Å²) in [6.07, 6.45) is 0.997. The number of ether oxygens (including phenoxy) is 1. The first-order valence-electron chi connectivity index (χ1n) is 4.50. The predicted octanol–water partition coefficient (Wildman–Crippen LogP) is 0.774. The molecule has 0 saturated carbocycles. The smallest absolute Gasteiger partial charge is 0.0697 e. The summed E-state index contributed by atoms with van der Waals surface area (Å²) in [4.78, 5) is 0. The van der Waals surface area contributed by atoms with Crippen molar-refractivity contribution in [3.63, 3.8) is 0 Å². The molecule has 74 valence electrons. The first-order valence-corrected chi connectivity index (χ1v) is 4.50. The van der Waals surface area contributed by atoms with E-state index in [9.17, 15) is 0 Å². The Balaban J connectivity index is 3.01. The third kappa shape index (κ3) is 9.88. The molecule has 0 aliphatic rings. The third-order valence-corrected chi connectivity index (χ3v) is 1.36. The van der Waals surface area contributed by atoms with Gasteiger partial charge in [-0.25, -0.2) is 0 Å². The molecular weight excluding hydrogens is 154 g/mol. The van der Waals surface area contributed by atoms with Crippen LogP contribution in [0.1, 0.15) is 27.2 Å². The zero-order valence-electron chi connectivity index (χ0n) is 8.39.